The number of unbranched alkanes of at least 4 members (excludes halogenated alkanes) is 2. The van der Waals surface area contributed by atoms with E-state index in [9.17, 15) is 19.7 Å². The molecule has 0 N–H and O–H groups in total. The van der Waals surface area contributed by atoms with Crippen molar-refractivity contribution in [3.8, 4) is 0 Å². The number of rotatable bonds is 11. The molecular weight excluding hydrogens is 551 g/mol. The number of likely N-dealkylation sites (tertiary alicyclic amines) is 1. The molecule has 2 fully saturated rings. The molecule has 1 amide bonds. The van der Waals surface area contributed by atoms with Gasteiger partial charge in [-0.05, 0) is 0 Å². The molecule has 8 nitrogen and oxygen atoms in total. The van der Waals surface area contributed by atoms with Crippen molar-refractivity contribution in [1.82, 2.24) is 4.90 Å². The van der Waals surface area contributed by atoms with Crippen LogP contribution in [-0.4, -0.2) is 54.5 Å². The summed E-state index contributed by atoms with van der Waals surface area (Å²) in [5.41, 5.74) is 0.415. The molecule has 38 heavy (non-hydrogen) atoms. The van der Waals surface area contributed by atoms with E-state index >= 15 is 0 Å². The molecule has 0 radical (unpaired) electrons. The Labute approximate surface area is 230 Å². The van der Waals surface area contributed by atoms with Crippen LogP contribution < -0.4 is 4.46 Å². The third-order valence-electron chi connectivity index (χ3n) is 7.16. The van der Waals surface area contributed by atoms with Crippen molar-refractivity contribution in [2.75, 3.05) is 0 Å². The molecule has 204 valence electrons. The Bertz CT molecular complexity index is 1150. The third-order valence-corrected chi connectivity index (χ3v) is 9.57. The Morgan fingerprint density at radius 3 is 2.47 bits per heavy atom. The van der Waals surface area contributed by atoms with Crippen molar-refractivity contribution < 1.29 is 24.0 Å². The Balaban J connectivity index is 1.30. The Kier molecular flexibility index (Phi) is 8.78. The molecule has 2 aromatic rings. The monoisotopic (exact) mass is 588 g/mol. The fraction of sp³-hybridized carbons (Fsp3) is 0.517. The van der Waals surface area contributed by atoms with Gasteiger partial charge in [0.2, 0.25) is 0 Å². The molecule has 1 aliphatic heterocycles. The first-order valence-electron chi connectivity index (χ1n) is 13.2. The van der Waals surface area contributed by atoms with Gasteiger partial charge in [0.25, 0.3) is 0 Å². The minimum atomic E-state index is -0.648. The normalized spacial score (nSPS) is 22.0. The molecule has 1 saturated carbocycles. The summed E-state index contributed by atoms with van der Waals surface area (Å²) in [7, 11) is 0. The number of esters is 1. The molecule has 0 aromatic heterocycles. The number of para-hydroxylation sites is 1. The molecule has 0 spiro atoms. The third kappa shape index (κ3) is 6.94. The van der Waals surface area contributed by atoms with Crippen LogP contribution in [0.1, 0.15) is 64.9 Å². The first-order valence-corrected chi connectivity index (χ1v) is 15.2. The number of nitro benzene ring substituents is 1. The van der Waals surface area contributed by atoms with Gasteiger partial charge in [0.05, 0.1) is 0 Å². The topological polar surface area (TPSA) is 99.0 Å². The zero-order valence-electron chi connectivity index (χ0n) is 22.3. The van der Waals surface area contributed by atoms with Crippen LogP contribution in [-0.2, 0) is 20.9 Å². The van der Waals surface area contributed by atoms with Gasteiger partial charge in [-0.15, -0.1) is 0 Å². The van der Waals surface area contributed by atoms with Crippen LogP contribution in [0.5, 0.6) is 0 Å². The standard InChI is InChI=1S/C29H36N2O6Se/c1-28(2,3)37-27(33)30-23(26(32)36-20-21-12-6-4-7-13-21)18-29(19-25(29)30)16-10-5-11-17-38-24-15-9-8-14-22(24)31(34)35/h4,6-9,12-15,23,25H,5,10-11,16-20H2,1-3H3/t23-,25+,29-/m0/s1. The van der Waals surface area contributed by atoms with E-state index in [1.54, 1.807) is 17.0 Å². The van der Waals surface area contributed by atoms with E-state index in [2.05, 4.69) is 0 Å². The number of hydrogen-bond donors (Lipinski definition) is 0. The molecule has 0 unspecified atom stereocenters. The van der Waals surface area contributed by atoms with E-state index in [0.29, 0.717) is 6.42 Å². The quantitative estimate of drug-likeness (QED) is 0.115. The molecular formula is C29H36N2O6Se. The van der Waals surface area contributed by atoms with Crippen LogP contribution >= 0.6 is 0 Å². The van der Waals surface area contributed by atoms with E-state index in [4.69, 9.17) is 9.47 Å². The molecule has 3 atom stereocenters. The van der Waals surface area contributed by atoms with Crippen molar-refractivity contribution in [2.45, 2.75) is 88.9 Å². The zero-order chi connectivity index (χ0) is 27.3. The average Bonchev–Trinajstić information content (AvgIpc) is 3.47. The Morgan fingerprint density at radius 2 is 1.76 bits per heavy atom. The minimum absolute atomic E-state index is 0.00260. The number of piperidine rings is 1. The summed E-state index contributed by atoms with van der Waals surface area (Å²) in [6.45, 7) is 5.66. The van der Waals surface area contributed by atoms with Gasteiger partial charge in [0, 0.05) is 0 Å². The summed E-state index contributed by atoms with van der Waals surface area (Å²) in [5.74, 6) is -0.376. The van der Waals surface area contributed by atoms with Crippen molar-refractivity contribution >= 4 is 37.2 Å². The van der Waals surface area contributed by atoms with Gasteiger partial charge in [0.15, 0.2) is 0 Å². The second-order valence-electron chi connectivity index (χ2n) is 11.2. The van der Waals surface area contributed by atoms with Crippen molar-refractivity contribution in [3.05, 3.63) is 70.3 Å². The first-order chi connectivity index (χ1) is 18.1. The molecule has 4 rings (SSSR count). The summed E-state index contributed by atoms with van der Waals surface area (Å²) < 4.78 is 12.1. The summed E-state index contributed by atoms with van der Waals surface area (Å²) in [6.07, 6.45) is 5.00. The zero-order valence-corrected chi connectivity index (χ0v) is 24.0. The van der Waals surface area contributed by atoms with Gasteiger partial charge >= 0.3 is 200 Å². The molecule has 0 bridgehead atoms. The number of carbonyl (C=O) groups excluding carboxylic acids is 2. The van der Waals surface area contributed by atoms with Crippen molar-refractivity contribution in [2.24, 2.45) is 5.41 Å². The number of hydrogen-bond acceptors (Lipinski definition) is 6. The van der Waals surface area contributed by atoms with Gasteiger partial charge in [-0.2, -0.15) is 0 Å². The van der Waals surface area contributed by atoms with Crippen LogP contribution in [0.4, 0.5) is 10.5 Å². The molecule has 2 aliphatic rings. The van der Waals surface area contributed by atoms with E-state index < -0.39 is 17.7 Å². The molecule has 9 heteroatoms. The number of amides is 1. The van der Waals surface area contributed by atoms with E-state index in [-0.39, 0.29) is 49.6 Å². The first kappa shape index (κ1) is 28.1. The number of nitrogens with zero attached hydrogens (tertiary/aromatic N) is 2. The van der Waals surface area contributed by atoms with Crippen molar-refractivity contribution in [1.29, 1.82) is 0 Å². The van der Waals surface area contributed by atoms with Crippen LogP contribution in [0.25, 0.3) is 0 Å². The van der Waals surface area contributed by atoms with E-state index in [0.717, 1.165) is 47.4 Å². The summed E-state index contributed by atoms with van der Waals surface area (Å²) in [6, 6.07) is 15.9. The van der Waals surface area contributed by atoms with Crippen LogP contribution in [0, 0.1) is 15.5 Å². The van der Waals surface area contributed by atoms with E-state index in [1.807, 2.05) is 63.2 Å². The Morgan fingerprint density at radius 1 is 1.05 bits per heavy atom. The molecule has 1 heterocycles. The van der Waals surface area contributed by atoms with Gasteiger partial charge < -0.3 is 0 Å². The predicted octanol–water partition coefficient (Wildman–Crippen LogP) is 5.41. The SMILES string of the molecule is CC(C)(C)OC(=O)N1[C@H](C(=O)OCc2ccccc2)C[C@@]2(CCCCC[Se]c3ccccc3[N+](=O)[O-])C[C@@H]12. The van der Waals surface area contributed by atoms with Crippen molar-refractivity contribution in [3.63, 3.8) is 0 Å². The maximum absolute atomic E-state index is 13.1. The molecule has 1 saturated heterocycles. The number of benzene rings is 2. The number of carbonyl (C=O) groups is 2. The van der Waals surface area contributed by atoms with Crippen LogP contribution in [0.2, 0.25) is 5.32 Å². The number of nitro groups is 1. The van der Waals surface area contributed by atoms with Gasteiger partial charge in [-0.1, -0.05) is 30.3 Å². The van der Waals surface area contributed by atoms with Gasteiger partial charge in [-0.25, -0.2) is 0 Å². The van der Waals surface area contributed by atoms with Crippen LogP contribution in [0.3, 0.4) is 0 Å². The molecule has 2 aromatic carbocycles. The Hall–Kier alpha value is -2.90. The average molecular weight is 588 g/mol. The number of ether oxygens (including phenoxy) is 2. The number of fused-ring (bicyclic) bond motifs is 1. The second kappa shape index (κ2) is 11.9. The van der Waals surface area contributed by atoms with E-state index in [1.165, 1.54) is 0 Å². The summed E-state index contributed by atoms with van der Waals surface area (Å²) in [5, 5.41) is 12.2. The summed E-state index contributed by atoms with van der Waals surface area (Å²) >= 11 is 0.0680. The van der Waals surface area contributed by atoms with Gasteiger partial charge in [0.1, 0.15) is 0 Å². The predicted molar refractivity (Wildman–Crippen MR) is 145 cm³/mol. The second-order valence-corrected chi connectivity index (χ2v) is 13.6. The summed E-state index contributed by atoms with van der Waals surface area (Å²) in [4.78, 5) is 38.8. The van der Waals surface area contributed by atoms with Crippen LogP contribution in [0.15, 0.2) is 54.6 Å². The maximum atomic E-state index is 13.1. The molecule has 1 aliphatic carbocycles. The fourth-order valence-electron chi connectivity index (χ4n) is 5.27. The van der Waals surface area contributed by atoms with Gasteiger partial charge in [-0.3, -0.25) is 0 Å². The fourth-order valence-corrected chi connectivity index (χ4v) is 7.44.